The zero-order chi connectivity index (χ0) is 22.0. The van der Waals surface area contributed by atoms with Gasteiger partial charge >= 0.3 is 0 Å². The van der Waals surface area contributed by atoms with Crippen LogP contribution < -0.4 is 5.32 Å². The van der Waals surface area contributed by atoms with Crippen LogP contribution >= 0.6 is 12.2 Å². The van der Waals surface area contributed by atoms with Gasteiger partial charge in [-0.05, 0) is 69.2 Å². The molecule has 0 aliphatic carbocycles. The van der Waals surface area contributed by atoms with Crippen LogP contribution in [0.1, 0.15) is 46.7 Å². The van der Waals surface area contributed by atoms with E-state index in [2.05, 4.69) is 76.9 Å². The van der Waals surface area contributed by atoms with Gasteiger partial charge in [0.1, 0.15) is 0 Å². The van der Waals surface area contributed by atoms with Crippen molar-refractivity contribution in [1.82, 2.24) is 19.8 Å². The molecule has 3 heterocycles. The molecule has 4 rings (SSSR count). The minimum atomic E-state index is -0.000307. The molecule has 1 aliphatic heterocycles. The van der Waals surface area contributed by atoms with Crippen LogP contribution in [0.4, 0.5) is 0 Å². The number of hydrogen-bond donors (Lipinski definition) is 1. The first-order valence-electron chi connectivity index (χ1n) is 10.8. The summed E-state index contributed by atoms with van der Waals surface area (Å²) in [6, 6.07) is 16.7. The molecular weight excluding hydrogens is 404 g/mol. The molecule has 6 heteroatoms. The SMILES string of the molecule is COCCCN1C(=S)N[C@H](c2ccccn2)[C@@H]1c1c(C)c(C)n(-c2ccccc2)c1C. The van der Waals surface area contributed by atoms with Crippen LogP contribution in [-0.2, 0) is 4.74 Å². The molecule has 31 heavy (non-hydrogen) atoms. The first-order chi connectivity index (χ1) is 15.0. The normalized spacial score (nSPS) is 18.5. The Labute approximate surface area is 190 Å². The largest absolute Gasteiger partial charge is 0.385 e. The van der Waals surface area contributed by atoms with E-state index in [9.17, 15) is 0 Å². The van der Waals surface area contributed by atoms with E-state index in [-0.39, 0.29) is 12.1 Å². The fourth-order valence-electron chi connectivity index (χ4n) is 4.75. The summed E-state index contributed by atoms with van der Waals surface area (Å²) in [4.78, 5) is 6.99. The van der Waals surface area contributed by atoms with Gasteiger partial charge in [0.15, 0.2) is 5.11 Å². The first-order valence-corrected chi connectivity index (χ1v) is 11.2. The number of hydrogen-bond acceptors (Lipinski definition) is 3. The smallest absolute Gasteiger partial charge is 0.170 e. The quantitative estimate of drug-likeness (QED) is 0.427. The third-order valence-electron chi connectivity index (χ3n) is 6.26. The van der Waals surface area contributed by atoms with Gasteiger partial charge in [-0.15, -0.1) is 0 Å². The Morgan fingerprint density at radius 3 is 2.45 bits per heavy atom. The Morgan fingerprint density at radius 2 is 1.77 bits per heavy atom. The van der Waals surface area contributed by atoms with Gasteiger partial charge in [-0.1, -0.05) is 24.3 Å². The van der Waals surface area contributed by atoms with Crippen LogP contribution in [0.5, 0.6) is 0 Å². The second kappa shape index (κ2) is 9.20. The van der Waals surface area contributed by atoms with Crippen molar-refractivity contribution in [3.05, 3.63) is 82.9 Å². The Hall–Kier alpha value is -2.70. The van der Waals surface area contributed by atoms with E-state index >= 15 is 0 Å². The standard InChI is InChI=1S/C25H30N4OS/c1-17-18(2)29(20-11-6-5-7-12-20)19(3)22(17)24-23(21-13-8-9-14-26-21)27-25(31)28(24)15-10-16-30-4/h5-9,11-14,23-24H,10,15-16H2,1-4H3,(H,27,31)/t23-,24+/m1/s1. The van der Waals surface area contributed by atoms with Gasteiger partial charge in [0.05, 0.1) is 17.8 Å². The molecule has 1 N–H and O–H groups in total. The van der Waals surface area contributed by atoms with E-state index in [1.165, 1.54) is 28.2 Å². The predicted molar refractivity (Wildman–Crippen MR) is 129 cm³/mol. The average molecular weight is 435 g/mol. The highest BCUT2D eigenvalue weighted by atomic mass is 32.1. The predicted octanol–water partition coefficient (Wildman–Crippen LogP) is 4.81. The lowest BCUT2D eigenvalue weighted by Crippen LogP contribution is -2.31. The molecule has 2 atom stereocenters. The van der Waals surface area contributed by atoms with E-state index in [1.807, 2.05) is 18.3 Å². The van der Waals surface area contributed by atoms with Crippen LogP contribution in [0.25, 0.3) is 5.69 Å². The second-order valence-corrected chi connectivity index (χ2v) is 8.43. The summed E-state index contributed by atoms with van der Waals surface area (Å²) < 4.78 is 7.67. The molecule has 0 spiro atoms. The zero-order valence-electron chi connectivity index (χ0n) is 18.6. The maximum atomic E-state index is 5.80. The number of nitrogens with one attached hydrogen (secondary N) is 1. The maximum absolute atomic E-state index is 5.80. The lowest BCUT2D eigenvalue weighted by molar-refractivity contribution is 0.180. The van der Waals surface area contributed by atoms with Crippen LogP contribution in [-0.4, -0.2) is 39.8 Å². The molecule has 5 nitrogen and oxygen atoms in total. The van der Waals surface area contributed by atoms with Crippen LogP contribution in [0, 0.1) is 20.8 Å². The number of aromatic nitrogens is 2. The highest BCUT2D eigenvalue weighted by Gasteiger charge is 2.42. The molecular formula is C25H30N4OS. The van der Waals surface area contributed by atoms with Gasteiger partial charge in [0.2, 0.25) is 0 Å². The number of nitrogens with zero attached hydrogens (tertiary/aromatic N) is 3. The number of pyridine rings is 1. The topological polar surface area (TPSA) is 42.3 Å². The first kappa shape index (κ1) is 21.5. The molecule has 1 aromatic carbocycles. The molecule has 2 aromatic heterocycles. The summed E-state index contributed by atoms with van der Waals surface area (Å²) in [5.41, 5.74) is 7.31. The van der Waals surface area contributed by atoms with Gasteiger partial charge in [0, 0.05) is 49.1 Å². The third-order valence-corrected chi connectivity index (χ3v) is 6.62. The molecule has 0 saturated carbocycles. The summed E-state index contributed by atoms with van der Waals surface area (Å²) in [6.45, 7) is 8.18. The van der Waals surface area contributed by atoms with Gasteiger partial charge in [0.25, 0.3) is 0 Å². The Kier molecular flexibility index (Phi) is 6.39. The minimum absolute atomic E-state index is 0.000307. The molecule has 0 amide bonds. The molecule has 162 valence electrons. The third kappa shape index (κ3) is 3.98. The fourth-order valence-corrected chi connectivity index (χ4v) is 5.08. The van der Waals surface area contributed by atoms with E-state index in [4.69, 9.17) is 17.0 Å². The lowest BCUT2D eigenvalue weighted by atomic mass is 9.93. The van der Waals surface area contributed by atoms with E-state index < -0.39 is 0 Å². The van der Waals surface area contributed by atoms with Gasteiger partial charge in [-0.3, -0.25) is 4.98 Å². The van der Waals surface area contributed by atoms with Crippen molar-refractivity contribution in [2.45, 2.75) is 39.3 Å². The summed E-state index contributed by atoms with van der Waals surface area (Å²) >= 11 is 5.80. The summed E-state index contributed by atoms with van der Waals surface area (Å²) in [5.74, 6) is 0. The fraction of sp³-hybridized carbons (Fsp3) is 0.360. The van der Waals surface area contributed by atoms with Gasteiger partial charge < -0.3 is 19.5 Å². The molecule has 0 unspecified atom stereocenters. The Morgan fingerprint density at radius 1 is 1.03 bits per heavy atom. The molecule has 0 bridgehead atoms. The van der Waals surface area contributed by atoms with Crippen LogP contribution in [0.15, 0.2) is 54.7 Å². The average Bonchev–Trinajstić information content (AvgIpc) is 3.22. The van der Waals surface area contributed by atoms with Crippen molar-refractivity contribution in [3.8, 4) is 5.69 Å². The van der Waals surface area contributed by atoms with Gasteiger partial charge in [-0.25, -0.2) is 0 Å². The van der Waals surface area contributed by atoms with Crippen molar-refractivity contribution in [2.24, 2.45) is 0 Å². The zero-order valence-corrected chi connectivity index (χ0v) is 19.4. The number of benzene rings is 1. The number of methoxy groups -OCH3 is 1. The molecule has 1 saturated heterocycles. The minimum Gasteiger partial charge on any atom is -0.385 e. The second-order valence-electron chi connectivity index (χ2n) is 8.05. The monoisotopic (exact) mass is 434 g/mol. The van der Waals surface area contributed by atoms with Crippen molar-refractivity contribution in [3.63, 3.8) is 0 Å². The lowest BCUT2D eigenvalue weighted by Gasteiger charge is -2.29. The number of thiocarbonyl (C=S) groups is 1. The molecule has 3 aromatic rings. The summed E-state index contributed by atoms with van der Waals surface area (Å²) in [5, 5.41) is 4.34. The van der Waals surface area contributed by atoms with Crippen LogP contribution in [0.2, 0.25) is 0 Å². The van der Waals surface area contributed by atoms with Gasteiger partial charge in [-0.2, -0.15) is 0 Å². The Bertz CT molecular complexity index is 1050. The molecule has 0 radical (unpaired) electrons. The number of rotatable bonds is 7. The maximum Gasteiger partial charge on any atom is 0.170 e. The van der Waals surface area contributed by atoms with E-state index in [1.54, 1.807) is 7.11 Å². The van der Waals surface area contributed by atoms with Crippen LogP contribution in [0.3, 0.4) is 0 Å². The van der Waals surface area contributed by atoms with Crippen molar-refractivity contribution >= 4 is 17.3 Å². The number of ether oxygens (including phenoxy) is 1. The van der Waals surface area contributed by atoms with Crippen molar-refractivity contribution in [2.75, 3.05) is 20.3 Å². The van der Waals surface area contributed by atoms with Crippen molar-refractivity contribution in [1.29, 1.82) is 0 Å². The highest BCUT2D eigenvalue weighted by molar-refractivity contribution is 7.80. The highest BCUT2D eigenvalue weighted by Crippen LogP contribution is 2.43. The van der Waals surface area contributed by atoms with Crippen molar-refractivity contribution < 1.29 is 4.74 Å². The molecule has 1 fully saturated rings. The van der Waals surface area contributed by atoms with E-state index in [0.717, 1.165) is 23.8 Å². The van der Waals surface area contributed by atoms with E-state index in [0.29, 0.717) is 6.61 Å². The molecule has 1 aliphatic rings. The summed E-state index contributed by atoms with van der Waals surface area (Å²) in [6.07, 6.45) is 2.77. The Balaban J connectivity index is 1.84. The number of para-hydroxylation sites is 1. The summed E-state index contributed by atoms with van der Waals surface area (Å²) in [7, 11) is 1.74.